The van der Waals surface area contributed by atoms with Crippen molar-refractivity contribution in [3.05, 3.63) is 66.3 Å². The van der Waals surface area contributed by atoms with E-state index in [1.54, 1.807) is 53.9 Å². The molecule has 4 aromatic rings. The topological polar surface area (TPSA) is 77.5 Å². The van der Waals surface area contributed by atoms with Gasteiger partial charge < -0.3 is 9.84 Å². The number of aromatic nitrogens is 5. The van der Waals surface area contributed by atoms with Crippen molar-refractivity contribution in [2.24, 2.45) is 0 Å². The van der Waals surface area contributed by atoms with Gasteiger partial charge in [0.25, 0.3) is 0 Å². The van der Waals surface area contributed by atoms with Crippen molar-refractivity contribution < 1.29 is 18.6 Å². The zero-order valence-electron chi connectivity index (χ0n) is 15.9. The molecule has 3 heterocycles. The predicted octanol–water partition coefficient (Wildman–Crippen LogP) is 3.22. The number of benzene rings is 1. The monoisotopic (exact) mass is 399 g/mol. The highest BCUT2D eigenvalue weighted by molar-refractivity contribution is 5.76. The highest BCUT2D eigenvalue weighted by atomic mass is 19.1. The second-order valence-corrected chi connectivity index (χ2v) is 7.36. The fourth-order valence-corrected chi connectivity index (χ4v) is 2.93. The Morgan fingerprint density at radius 1 is 1.14 bits per heavy atom. The van der Waals surface area contributed by atoms with Gasteiger partial charge in [0.15, 0.2) is 5.65 Å². The molecule has 7 nitrogen and oxygen atoms in total. The summed E-state index contributed by atoms with van der Waals surface area (Å²) in [7, 11) is 0. The number of hydrogen-bond donors (Lipinski definition) is 1. The van der Waals surface area contributed by atoms with E-state index in [-0.39, 0.29) is 18.1 Å². The molecule has 0 spiro atoms. The molecule has 1 N–H and O–H groups in total. The molecular formula is C20H19F2N5O2. The van der Waals surface area contributed by atoms with Crippen LogP contribution in [0.2, 0.25) is 0 Å². The standard InChI is InChI=1S/C20H19F2N5O2/c1-20(2,28)12-26-10-14(8-23-26)16-9-24-27-6-5-18(25-19(16)27)29-11-13-7-15(21)3-4-17(13)22/h3-10,28H,11-12H2,1-2H3. The normalized spacial score (nSPS) is 11.9. The first-order valence-electron chi connectivity index (χ1n) is 8.95. The van der Waals surface area contributed by atoms with Gasteiger partial charge in [-0.3, -0.25) is 4.68 Å². The summed E-state index contributed by atoms with van der Waals surface area (Å²) in [6.45, 7) is 3.60. The molecule has 4 rings (SSSR count). The van der Waals surface area contributed by atoms with E-state index < -0.39 is 17.2 Å². The largest absolute Gasteiger partial charge is 0.473 e. The van der Waals surface area contributed by atoms with E-state index >= 15 is 0 Å². The predicted molar refractivity (Wildman–Crippen MR) is 101 cm³/mol. The highest BCUT2D eigenvalue weighted by Crippen LogP contribution is 2.25. The van der Waals surface area contributed by atoms with Crippen LogP contribution in [-0.4, -0.2) is 35.1 Å². The summed E-state index contributed by atoms with van der Waals surface area (Å²) >= 11 is 0. The van der Waals surface area contributed by atoms with Gasteiger partial charge in [0.2, 0.25) is 5.88 Å². The van der Waals surface area contributed by atoms with Gasteiger partial charge in [-0.1, -0.05) is 0 Å². The smallest absolute Gasteiger partial charge is 0.217 e. The Morgan fingerprint density at radius 3 is 2.76 bits per heavy atom. The zero-order chi connectivity index (χ0) is 20.6. The van der Waals surface area contributed by atoms with Crippen LogP contribution in [0.4, 0.5) is 8.78 Å². The van der Waals surface area contributed by atoms with Crippen molar-refractivity contribution in [2.75, 3.05) is 0 Å². The first kappa shape index (κ1) is 19.0. The molecule has 0 saturated heterocycles. The molecule has 9 heteroatoms. The molecule has 0 fully saturated rings. The maximum absolute atomic E-state index is 13.8. The van der Waals surface area contributed by atoms with Crippen LogP contribution < -0.4 is 4.74 Å². The summed E-state index contributed by atoms with van der Waals surface area (Å²) in [5, 5.41) is 18.5. The minimum Gasteiger partial charge on any atom is -0.473 e. The quantitative estimate of drug-likeness (QED) is 0.539. The van der Waals surface area contributed by atoms with Crippen molar-refractivity contribution in [3.8, 4) is 17.0 Å². The van der Waals surface area contributed by atoms with E-state index in [4.69, 9.17) is 4.74 Å². The number of aliphatic hydroxyl groups is 1. The molecule has 150 valence electrons. The van der Waals surface area contributed by atoms with Crippen molar-refractivity contribution in [3.63, 3.8) is 0 Å². The van der Waals surface area contributed by atoms with Crippen molar-refractivity contribution in [1.82, 2.24) is 24.4 Å². The Balaban J connectivity index is 1.59. The fraction of sp³-hybridized carbons (Fsp3) is 0.250. The summed E-state index contributed by atoms with van der Waals surface area (Å²) < 4.78 is 35.9. The van der Waals surface area contributed by atoms with Gasteiger partial charge in [0, 0.05) is 35.2 Å². The lowest BCUT2D eigenvalue weighted by Crippen LogP contribution is -2.26. The lowest BCUT2D eigenvalue weighted by molar-refractivity contribution is 0.0577. The maximum atomic E-state index is 13.8. The molecule has 0 aliphatic rings. The van der Waals surface area contributed by atoms with Gasteiger partial charge >= 0.3 is 0 Å². The third kappa shape index (κ3) is 4.24. The number of hydrogen-bond acceptors (Lipinski definition) is 5. The lowest BCUT2D eigenvalue weighted by atomic mass is 10.1. The molecule has 0 amide bonds. The zero-order valence-corrected chi connectivity index (χ0v) is 15.9. The molecule has 0 aliphatic heterocycles. The van der Waals surface area contributed by atoms with E-state index in [9.17, 15) is 13.9 Å². The summed E-state index contributed by atoms with van der Waals surface area (Å²) in [5.41, 5.74) is 1.26. The van der Waals surface area contributed by atoms with E-state index in [0.29, 0.717) is 12.2 Å². The number of fused-ring (bicyclic) bond motifs is 1. The lowest BCUT2D eigenvalue weighted by Gasteiger charge is -2.16. The van der Waals surface area contributed by atoms with E-state index in [1.165, 1.54) is 0 Å². The van der Waals surface area contributed by atoms with Crippen LogP contribution in [0.1, 0.15) is 19.4 Å². The van der Waals surface area contributed by atoms with Crippen LogP contribution >= 0.6 is 0 Å². The van der Waals surface area contributed by atoms with Crippen LogP contribution in [0.3, 0.4) is 0 Å². The average Bonchev–Trinajstić information content (AvgIpc) is 3.27. The number of halogens is 2. The number of rotatable bonds is 6. The van der Waals surface area contributed by atoms with Crippen LogP contribution in [-0.2, 0) is 13.2 Å². The van der Waals surface area contributed by atoms with Crippen LogP contribution in [0.5, 0.6) is 5.88 Å². The number of nitrogens with zero attached hydrogens (tertiary/aromatic N) is 5. The van der Waals surface area contributed by atoms with E-state index in [1.807, 2.05) is 0 Å². The Hall–Kier alpha value is -3.33. The SMILES string of the molecule is CC(C)(O)Cn1cc(-c2cnn3ccc(OCc4cc(F)ccc4F)nc23)cn1. The molecule has 0 saturated carbocycles. The molecule has 1 aromatic carbocycles. The molecule has 29 heavy (non-hydrogen) atoms. The molecule has 0 unspecified atom stereocenters. The third-order valence-electron chi connectivity index (χ3n) is 4.22. The van der Waals surface area contributed by atoms with Gasteiger partial charge in [-0.25, -0.2) is 13.3 Å². The second kappa shape index (κ2) is 7.25. The van der Waals surface area contributed by atoms with Gasteiger partial charge in [0.05, 0.1) is 24.5 Å². The van der Waals surface area contributed by atoms with Crippen LogP contribution in [0, 0.1) is 11.6 Å². The first-order chi connectivity index (χ1) is 13.8. The van der Waals surface area contributed by atoms with Crippen molar-refractivity contribution in [1.29, 1.82) is 0 Å². The first-order valence-corrected chi connectivity index (χ1v) is 8.95. The summed E-state index contributed by atoms with van der Waals surface area (Å²) in [6.07, 6.45) is 6.79. The molecule has 0 bridgehead atoms. The molecular weight excluding hydrogens is 380 g/mol. The highest BCUT2D eigenvalue weighted by Gasteiger charge is 2.16. The Bertz CT molecular complexity index is 1160. The molecule has 3 aromatic heterocycles. The summed E-state index contributed by atoms with van der Waals surface area (Å²) in [5.74, 6) is -0.821. The van der Waals surface area contributed by atoms with E-state index in [2.05, 4.69) is 15.2 Å². The minimum absolute atomic E-state index is 0.105. The fourth-order valence-electron chi connectivity index (χ4n) is 2.93. The maximum Gasteiger partial charge on any atom is 0.217 e. The van der Waals surface area contributed by atoms with Crippen LogP contribution in [0.25, 0.3) is 16.8 Å². The molecule has 0 radical (unpaired) electrons. The third-order valence-corrected chi connectivity index (χ3v) is 4.22. The van der Waals surface area contributed by atoms with Gasteiger partial charge in [-0.2, -0.15) is 15.2 Å². The summed E-state index contributed by atoms with van der Waals surface area (Å²) in [6, 6.07) is 4.80. The average molecular weight is 399 g/mol. The minimum atomic E-state index is -0.893. The van der Waals surface area contributed by atoms with Gasteiger partial charge in [-0.15, -0.1) is 0 Å². The molecule has 0 atom stereocenters. The van der Waals surface area contributed by atoms with Crippen molar-refractivity contribution in [2.45, 2.75) is 32.6 Å². The van der Waals surface area contributed by atoms with Gasteiger partial charge in [-0.05, 0) is 32.0 Å². The van der Waals surface area contributed by atoms with Gasteiger partial charge in [0.1, 0.15) is 18.2 Å². The van der Waals surface area contributed by atoms with Crippen LogP contribution in [0.15, 0.2) is 49.1 Å². The Kier molecular flexibility index (Phi) is 4.75. The van der Waals surface area contributed by atoms with Crippen molar-refractivity contribution >= 4 is 5.65 Å². The Morgan fingerprint density at radius 2 is 1.97 bits per heavy atom. The Labute approximate surface area is 165 Å². The second-order valence-electron chi connectivity index (χ2n) is 7.36. The molecule has 0 aliphatic carbocycles. The summed E-state index contributed by atoms with van der Waals surface area (Å²) in [4.78, 5) is 4.44. The van der Waals surface area contributed by atoms with E-state index in [0.717, 1.165) is 29.3 Å². The number of ether oxygens (including phenoxy) is 1.